The summed E-state index contributed by atoms with van der Waals surface area (Å²) in [6.07, 6.45) is -0.244. The molecule has 0 spiro atoms. The Labute approximate surface area is 181 Å². The molecule has 160 valence electrons. The molecule has 0 unspecified atom stereocenters. The number of nitrogens with zero attached hydrogens (tertiary/aromatic N) is 2. The number of rotatable bonds is 5. The van der Waals surface area contributed by atoms with E-state index in [1.165, 1.54) is 41.7 Å². The fraction of sp³-hybridized carbons (Fsp3) is 0.227. The van der Waals surface area contributed by atoms with Crippen molar-refractivity contribution in [1.29, 1.82) is 0 Å². The Kier molecular flexibility index (Phi) is 6.34. The first-order chi connectivity index (χ1) is 15.0. The number of aromatic nitrogens is 1. The van der Waals surface area contributed by atoms with Crippen molar-refractivity contribution in [2.24, 2.45) is 0 Å². The van der Waals surface area contributed by atoms with Gasteiger partial charge in [0.25, 0.3) is 5.91 Å². The number of benzene rings is 2. The molecule has 4 rings (SSSR count). The van der Waals surface area contributed by atoms with Crippen LogP contribution in [0.1, 0.15) is 27.7 Å². The fourth-order valence-corrected chi connectivity index (χ4v) is 3.98. The summed E-state index contributed by atoms with van der Waals surface area (Å²) in [4.78, 5) is 30.9. The number of carbonyl (C=O) groups excluding carboxylic acids is 2. The van der Waals surface area contributed by atoms with Crippen LogP contribution < -0.4 is 5.32 Å². The molecule has 3 aromatic rings. The lowest BCUT2D eigenvalue weighted by molar-refractivity contribution is -0.138. The number of anilines is 1. The highest BCUT2D eigenvalue weighted by molar-refractivity contribution is 7.14. The molecule has 1 atom stereocenters. The fourth-order valence-electron chi connectivity index (χ4n) is 3.28. The highest BCUT2D eigenvalue weighted by Gasteiger charge is 2.26. The van der Waals surface area contributed by atoms with E-state index in [2.05, 4.69) is 10.3 Å². The van der Waals surface area contributed by atoms with Gasteiger partial charge in [0.05, 0.1) is 30.8 Å². The Balaban J connectivity index is 1.35. The summed E-state index contributed by atoms with van der Waals surface area (Å²) in [6, 6.07) is 11.7. The van der Waals surface area contributed by atoms with Crippen LogP contribution in [0.4, 0.5) is 13.9 Å². The molecule has 0 saturated carbocycles. The van der Waals surface area contributed by atoms with Gasteiger partial charge in [-0.25, -0.2) is 13.8 Å². The van der Waals surface area contributed by atoms with Crippen molar-refractivity contribution in [2.75, 3.05) is 25.0 Å². The van der Waals surface area contributed by atoms with Crippen molar-refractivity contribution >= 4 is 28.3 Å². The van der Waals surface area contributed by atoms with Crippen LogP contribution >= 0.6 is 11.3 Å². The maximum atomic E-state index is 13.7. The Hall–Kier alpha value is -3.17. The third-order valence-corrected chi connectivity index (χ3v) is 5.69. The van der Waals surface area contributed by atoms with Crippen molar-refractivity contribution in [3.8, 4) is 0 Å². The number of morpholine rings is 1. The van der Waals surface area contributed by atoms with Crippen LogP contribution in [-0.4, -0.2) is 41.4 Å². The highest BCUT2D eigenvalue weighted by atomic mass is 32.1. The molecule has 0 radical (unpaired) electrons. The van der Waals surface area contributed by atoms with E-state index >= 15 is 0 Å². The normalized spacial score (nSPS) is 16.2. The number of amides is 2. The summed E-state index contributed by atoms with van der Waals surface area (Å²) in [6.45, 7) is 1.21. The van der Waals surface area contributed by atoms with Crippen LogP contribution in [0.3, 0.4) is 0 Å². The second-order valence-corrected chi connectivity index (χ2v) is 7.86. The van der Waals surface area contributed by atoms with Gasteiger partial charge in [0.2, 0.25) is 5.91 Å². The number of hydrogen-bond donors (Lipinski definition) is 1. The molecule has 2 heterocycles. The van der Waals surface area contributed by atoms with E-state index in [1.54, 1.807) is 28.5 Å². The molecule has 1 saturated heterocycles. The van der Waals surface area contributed by atoms with E-state index in [0.29, 0.717) is 30.5 Å². The summed E-state index contributed by atoms with van der Waals surface area (Å²) < 4.78 is 32.6. The van der Waals surface area contributed by atoms with Gasteiger partial charge in [-0.05, 0) is 29.8 Å². The molecule has 0 bridgehead atoms. The smallest absolute Gasteiger partial charge is 0.260 e. The standard InChI is InChI=1S/C22H19F2N3O3S/c23-15-7-5-14(6-8-15)19-12-27(9-10-30-19)20(28)11-16-13-31-22(25-16)26-21(29)17-3-1-2-4-18(17)24/h1-8,13,19H,9-12H2,(H,25,26,29)/t19-/m0/s1. The lowest BCUT2D eigenvalue weighted by Gasteiger charge is -2.33. The van der Waals surface area contributed by atoms with E-state index in [1.807, 2.05) is 0 Å². The van der Waals surface area contributed by atoms with Gasteiger partial charge < -0.3 is 9.64 Å². The Morgan fingerprint density at radius 3 is 2.71 bits per heavy atom. The van der Waals surface area contributed by atoms with E-state index in [0.717, 1.165) is 5.56 Å². The number of ether oxygens (including phenoxy) is 1. The SMILES string of the molecule is O=C(Nc1nc(CC(=O)N2CCO[C@H](c3ccc(F)cc3)C2)cs1)c1ccccc1F. The van der Waals surface area contributed by atoms with Gasteiger partial charge in [-0.3, -0.25) is 14.9 Å². The minimum Gasteiger partial charge on any atom is -0.370 e. The van der Waals surface area contributed by atoms with Crippen LogP contribution in [0, 0.1) is 11.6 Å². The molecule has 1 N–H and O–H groups in total. The average molecular weight is 443 g/mol. The molecule has 1 fully saturated rings. The second kappa shape index (κ2) is 9.32. The predicted octanol–water partition coefficient (Wildman–Crippen LogP) is 3.82. The largest absolute Gasteiger partial charge is 0.370 e. The first-order valence-corrected chi connectivity index (χ1v) is 10.5. The van der Waals surface area contributed by atoms with Crippen LogP contribution in [0.15, 0.2) is 53.9 Å². The van der Waals surface area contributed by atoms with Gasteiger partial charge in [-0.2, -0.15) is 0 Å². The van der Waals surface area contributed by atoms with Crippen LogP contribution in [0.2, 0.25) is 0 Å². The number of hydrogen-bond acceptors (Lipinski definition) is 5. The zero-order chi connectivity index (χ0) is 21.8. The predicted molar refractivity (Wildman–Crippen MR) is 112 cm³/mol. The summed E-state index contributed by atoms with van der Waals surface area (Å²) in [5, 5.41) is 4.54. The van der Waals surface area contributed by atoms with Crippen molar-refractivity contribution < 1.29 is 23.1 Å². The van der Waals surface area contributed by atoms with E-state index in [-0.39, 0.29) is 29.8 Å². The zero-order valence-electron chi connectivity index (χ0n) is 16.4. The quantitative estimate of drug-likeness (QED) is 0.651. The van der Waals surface area contributed by atoms with E-state index < -0.39 is 11.7 Å². The minimum absolute atomic E-state index is 0.0716. The Morgan fingerprint density at radius 2 is 1.94 bits per heavy atom. The monoisotopic (exact) mass is 443 g/mol. The zero-order valence-corrected chi connectivity index (χ0v) is 17.2. The van der Waals surface area contributed by atoms with Gasteiger partial charge >= 0.3 is 0 Å². The molecule has 1 aromatic heterocycles. The topological polar surface area (TPSA) is 71.5 Å². The first-order valence-electron chi connectivity index (χ1n) is 9.65. The van der Waals surface area contributed by atoms with Crippen LogP contribution in [-0.2, 0) is 16.0 Å². The van der Waals surface area contributed by atoms with Crippen molar-refractivity contribution in [3.63, 3.8) is 0 Å². The molecule has 2 amide bonds. The summed E-state index contributed by atoms with van der Waals surface area (Å²) in [7, 11) is 0. The minimum atomic E-state index is -0.616. The lowest BCUT2D eigenvalue weighted by Crippen LogP contribution is -2.43. The Bertz CT molecular complexity index is 1090. The molecule has 1 aliphatic heterocycles. The van der Waals surface area contributed by atoms with Gasteiger partial charge in [0.15, 0.2) is 5.13 Å². The van der Waals surface area contributed by atoms with E-state index in [4.69, 9.17) is 4.74 Å². The van der Waals surface area contributed by atoms with Crippen molar-refractivity contribution in [2.45, 2.75) is 12.5 Å². The van der Waals surface area contributed by atoms with Gasteiger partial charge in [0.1, 0.15) is 17.7 Å². The maximum Gasteiger partial charge on any atom is 0.260 e. The molecule has 0 aliphatic carbocycles. The summed E-state index contributed by atoms with van der Waals surface area (Å²) >= 11 is 1.17. The summed E-state index contributed by atoms with van der Waals surface area (Å²) in [5.74, 6) is -1.66. The molecule has 31 heavy (non-hydrogen) atoms. The van der Waals surface area contributed by atoms with Crippen molar-refractivity contribution in [1.82, 2.24) is 9.88 Å². The molecule has 9 heteroatoms. The highest BCUT2D eigenvalue weighted by Crippen LogP contribution is 2.24. The van der Waals surface area contributed by atoms with Gasteiger partial charge in [0, 0.05) is 11.9 Å². The van der Waals surface area contributed by atoms with Gasteiger partial charge in [-0.1, -0.05) is 24.3 Å². The third kappa shape index (κ3) is 5.12. The molecular formula is C22H19F2N3O3S. The number of thiazole rings is 1. The number of halogens is 2. The van der Waals surface area contributed by atoms with Crippen molar-refractivity contribution in [3.05, 3.63) is 82.4 Å². The number of carbonyl (C=O) groups is 2. The molecule has 6 nitrogen and oxygen atoms in total. The lowest BCUT2D eigenvalue weighted by atomic mass is 10.1. The van der Waals surface area contributed by atoms with E-state index in [9.17, 15) is 18.4 Å². The van der Waals surface area contributed by atoms with Crippen LogP contribution in [0.5, 0.6) is 0 Å². The average Bonchev–Trinajstić information content (AvgIpc) is 3.21. The van der Waals surface area contributed by atoms with Gasteiger partial charge in [-0.15, -0.1) is 11.3 Å². The molecular weight excluding hydrogens is 424 g/mol. The number of nitrogens with one attached hydrogen (secondary N) is 1. The maximum absolute atomic E-state index is 13.7. The Morgan fingerprint density at radius 1 is 1.16 bits per heavy atom. The summed E-state index contributed by atoms with van der Waals surface area (Å²) in [5.41, 5.74) is 1.25. The molecule has 1 aliphatic rings. The second-order valence-electron chi connectivity index (χ2n) is 7.01. The first kappa shape index (κ1) is 21.1. The van der Waals surface area contributed by atoms with Crippen LogP contribution in [0.25, 0.3) is 0 Å². The third-order valence-electron chi connectivity index (χ3n) is 4.88. The molecule has 2 aromatic carbocycles.